The molecule has 1 aromatic carbocycles. The molecule has 19 heavy (non-hydrogen) atoms. The Bertz CT molecular complexity index is 569. The smallest absolute Gasteiger partial charge is 0.253 e. The summed E-state index contributed by atoms with van der Waals surface area (Å²) in [6, 6.07) is 9.52. The van der Waals surface area contributed by atoms with Crippen molar-refractivity contribution in [3.8, 4) is 0 Å². The lowest BCUT2D eigenvalue weighted by molar-refractivity contribution is 0.0950. The first-order valence-electron chi connectivity index (χ1n) is 5.85. The third kappa shape index (κ3) is 3.51. The lowest BCUT2D eigenvalue weighted by atomic mass is 10.2. The summed E-state index contributed by atoms with van der Waals surface area (Å²) < 4.78 is 13.0. The predicted octanol–water partition coefficient (Wildman–Crippen LogP) is 2.19. The van der Waals surface area contributed by atoms with Crippen LogP contribution in [0.3, 0.4) is 0 Å². The molecule has 0 unspecified atom stereocenters. The van der Waals surface area contributed by atoms with Gasteiger partial charge in [-0.3, -0.25) is 4.79 Å². The highest BCUT2D eigenvalue weighted by Gasteiger charge is 2.05. The number of aromatic nitrogens is 1. The van der Waals surface area contributed by atoms with Crippen molar-refractivity contribution in [1.29, 1.82) is 0 Å². The first-order valence-corrected chi connectivity index (χ1v) is 5.85. The van der Waals surface area contributed by atoms with E-state index in [1.54, 1.807) is 31.3 Å². The molecule has 1 amide bonds. The molecule has 1 aromatic heterocycles. The summed E-state index contributed by atoms with van der Waals surface area (Å²) in [6.07, 6.45) is 1.49. The number of benzene rings is 1. The van der Waals surface area contributed by atoms with Gasteiger partial charge in [0.25, 0.3) is 5.91 Å². The highest BCUT2D eigenvalue weighted by atomic mass is 19.1. The molecule has 0 bridgehead atoms. The maximum absolute atomic E-state index is 13.0. The van der Waals surface area contributed by atoms with Crippen LogP contribution in [0.1, 0.15) is 15.9 Å². The molecule has 0 aliphatic carbocycles. The number of hydrogen-bond donors (Lipinski definition) is 2. The molecule has 0 saturated carbocycles. The number of hydrogen-bond acceptors (Lipinski definition) is 3. The Kier molecular flexibility index (Phi) is 4.07. The van der Waals surface area contributed by atoms with Crippen molar-refractivity contribution in [3.63, 3.8) is 0 Å². The number of nitrogens with one attached hydrogen (secondary N) is 2. The van der Waals surface area contributed by atoms with Crippen LogP contribution in [0.25, 0.3) is 0 Å². The Hall–Kier alpha value is -2.43. The van der Waals surface area contributed by atoms with Crippen molar-refractivity contribution in [2.24, 2.45) is 0 Å². The van der Waals surface area contributed by atoms with E-state index >= 15 is 0 Å². The van der Waals surface area contributed by atoms with Crippen molar-refractivity contribution in [2.45, 2.75) is 6.54 Å². The van der Waals surface area contributed by atoms with E-state index in [2.05, 4.69) is 15.6 Å². The lowest BCUT2D eigenvalue weighted by Gasteiger charge is -2.06. The third-order valence-electron chi connectivity index (χ3n) is 2.62. The molecule has 5 heteroatoms. The molecular formula is C14H14FN3O. The minimum Gasteiger partial charge on any atom is -0.373 e. The molecule has 0 atom stereocenters. The number of carbonyl (C=O) groups is 1. The van der Waals surface area contributed by atoms with Crippen LogP contribution in [0.5, 0.6) is 0 Å². The quantitative estimate of drug-likeness (QED) is 0.885. The Labute approximate surface area is 110 Å². The fourth-order valence-corrected chi connectivity index (χ4v) is 1.61. The van der Waals surface area contributed by atoms with Gasteiger partial charge in [0, 0.05) is 19.8 Å². The molecule has 4 nitrogen and oxygen atoms in total. The molecule has 2 rings (SSSR count). The normalized spacial score (nSPS) is 10.0. The van der Waals surface area contributed by atoms with E-state index in [-0.39, 0.29) is 18.3 Å². The maximum atomic E-state index is 13.0. The average Bonchev–Trinajstić information content (AvgIpc) is 2.45. The van der Waals surface area contributed by atoms with E-state index in [1.165, 1.54) is 18.3 Å². The van der Waals surface area contributed by atoms with Crippen LogP contribution in [0.2, 0.25) is 0 Å². The lowest BCUT2D eigenvalue weighted by Crippen LogP contribution is -2.23. The van der Waals surface area contributed by atoms with Crippen LogP contribution in [0.15, 0.2) is 42.6 Å². The summed E-state index contributed by atoms with van der Waals surface area (Å²) in [5.41, 5.74) is 1.18. The summed E-state index contributed by atoms with van der Waals surface area (Å²) in [5.74, 6) is 0.146. The molecule has 0 radical (unpaired) electrons. The summed E-state index contributed by atoms with van der Waals surface area (Å²) in [6.45, 7) is 0.282. The van der Waals surface area contributed by atoms with Crippen LogP contribution < -0.4 is 10.6 Å². The molecule has 0 aliphatic heterocycles. The topological polar surface area (TPSA) is 54.0 Å². The van der Waals surface area contributed by atoms with Gasteiger partial charge in [-0.15, -0.1) is 0 Å². The van der Waals surface area contributed by atoms with Crippen molar-refractivity contribution in [1.82, 2.24) is 10.3 Å². The van der Waals surface area contributed by atoms with Crippen molar-refractivity contribution >= 4 is 11.7 Å². The number of rotatable bonds is 4. The average molecular weight is 259 g/mol. The Morgan fingerprint density at radius 3 is 2.79 bits per heavy atom. The summed E-state index contributed by atoms with van der Waals surface area (Å²) >= 11 is 0. The van der Waals surface area contributed by atoms with E-state index in [9.17, 15) is 9.18 Å². The van der Waals surface area contributed by atoms with Gasteiger partial charge in [0.1, 0.15) is 11.6 Å². The van der Waals surface area contributed by atoms with Gasteiger partial charge in [0.05, 0.1) is 5.56 Å². The fraction of sp³-hybridized carbons (Fsp3) is 0.143. The van der Waals surface area contributed by atoms with Crippen LogP contribution in [0, 0.1) is 5.82 Å². The Balaban J connectivity index is 1.97. The summed E-state index contributed by atoms with van der Waals surface area (Å²) in [4.78, 5) is 15.9. The van der Waals surface area contributed by atoms with Gasteiger partial charge in [-0.25, -0.2) is 9.37 Å². The van der Waals surface area contributed by atoms with E-state index in [1.807, 2.05) is 0 Å². The zero-order valence-electron chi connectivity index (χ0n) is 10.5. The number of pyridine rings is 1. The molecule has 0 spiro atoms. The second-order valence-corrected chi connectivity index (χ2v) is 3.99. The highest BCUT2D eigenvalue weighted by molar-refractivity contribution is 5.93. The third-order valence-corrected chi connectivity index (χ3v) is 2.62. The van der Waals surface area contributed by atoms with Crippen LogP contribution in [0.4, 0.5) is 10.2 Å². The number of nitrogens with zero attached hydrogens (tertiary/aromatic N) is 1. The van der Waals surface area contributed by atoms with Gasteiger partial charge in [0.2, 0.25) is 0 Å². The molecule has 0 fully saturated rings. The highest BCUT2D eigenvalue weighted by Crippen LogP contribution is 2.06. The number of carbonyl (C=O) groups excluding carboxylic acids is 1. The fourth-order valence-electron chi connectivity index (χ4n) is 1.61. The van der Waals surface area contributed by atoms with Gasteiger partial charge in [-0.05, 0) is 29.8 Å². The number of amides is 1. The minimum absolute atomic E-state index is 0.237. The first-order chi connectivity index (χ1) is 9.19. The zero-order chi connectivity index (χ0) is 13.7. The number of anilines is 1. The van der Waals surface area contributed by atoms with Gasteiger partial charge in [-0.2, -0.15) is 0 Å². The molecule has 2 aromatic rings. The van der Waals surface area contributed by atoms with Gasteiger partial charge in [0.15, 0.2) is 0 Å². The monoisotopic (exact) mass is 259 g/mol. The molecule has 98 valence electrons. The van der Waals surface area contributed by atoms with Gasteiger partial charge in [-0.1, -0.05) is 12.1 Å². The maximum Gasteiger partial charge on any atom is 0.253 e. The first kappa shape index (κ1) is 13.0. The predicted molar refractivity (Wildman–Crippen MR) is 71.4 cm³/mol. The molecule has 0 aliphatic rings. The zero-order valence-corrected chi connectivity index (χ0v) is 10.5. The minimum atomic E-state index is -0.313. The van der Waals surface area contributed by atoms with E-state index < -0.39 is 0 Å². The van der Waals surface area contributed by atoms with Crippen molar-refractivity contribution < 1.29 is 9.18 Å². The number of halogens is 1. The summed E-state index contributed by atoms with van der Waals surface area (Å²) in [5, 5.41) is 5.59. The van der Waals surface area contributed by atoms with E-state index in [4.69, 9.17) is 0 Å². The van der Waals surface area contributed by atoms with E-state index in [0.29, 0.717) is 16.9 Å². The van der Waals surface area contributed by atoms with Crippen molar-refractivity contribution in [2.75, 3.05) is 12.4 Å². The SMILES string of the molecule is CNc1ccc(C(=O)NCc2cccc(F)c2)cn1. The molecule has 1 heterocycles. The van der Waals surface area contributed by atoms with Crippen LogP contribution in [-0.2, 0) is 6.54 Å². The Morgan fingerprint density at radius 1 is 1.32 bits per heavy atom. The molecule has 0 saturated heterocycles. The van der Waals surface area contributed by atoms with Crippen LogP contribution in [-0.4, -0.2) is 17.9 Å². The van der Waals surface area contributed by atoms with Gasteiger partial charge >= 0.3 is 0 Å². The molecular weight excluding hydrogens is 245 g/mol. The Morgan fingerprint density at radius 2 is 2.16 bits per heavy atom. The molecule has 2 N–H and O–H groups in total. The van der Waals surface area contributed by atoms with E-state index in [0.717, 1.165) is 0 Å². The largest absolute Gasteiger partial charge is 0.373 e. The summed E-state index contributed by atoms with van der Waals surface area (Å²) in [7, 11) is 1.76. The van der Waals surface area contributed by atoms with Crippen molar-refractivity contribution in [3.05, 3.63) is 59.5 Å². The second-order valence-electron chi connectivity index (χ2n) is 3.99. The second kappa shape index (κ2) is 5.95. The van der Waals surface area contributed by atoms with Gasteiger partial charge < -0.3 is 10.6 Å². The van der Waals surface area contributed by atoms with Crippen LogP contribution >= 0.6 is 0 Å². The standard InChI is InChI=1S/C14H14FN3O/c1-16-13-6-5-11(9-17-13)14(19)18-8-10-3-2-4-12(15)7-10/h2-7,9H,8H2,1H3,(H,16,17)(H,18,19).